The molecular formula is C14H9BrO. The normalized spacial score (nSPS) is 11.1. The lowest BCUT2D eigenvalue weighted by molar-refractivity contribution is 0.476. The summed E-state index contributed by atoms with van der Waals surface area (Å²) >= 11 is 3.47. The number of aromatic hydroxyl groups is 1. The Balaban J connectivity index is 2.55. The van der Waals surface area contributed by atoms with Crippen molar-refractivity contribution in [3.8, 4) is 5.75 Å². The maximum atomic E-state index is 9.55. The predicted molar refractivity (Wildman–Crippen MR) is 70.8 cm³/mol. The number of phenols is 1. The SMILES string of the molecule is Oc1ccc2ccc3ccc(Br)cc3c2c1. The van der Waals surface area contributed by atoms with Crippen LogP contribution in [0.2, 0.25) is 0 Å². The van der Waals surface area contributed by atoms with Gasteiger partial charge in [-0.05, 0) is 45.8 Å². The molecule has 0 unspecified atom stereocenters. The third kappa shape index (κ3) is 1.46. The van der Waals surface area contributed by atoms with Gasteiger partial charge in [0.25, 0.3) is 0 Å². The molecule has 3 aromatic rings. The van der Waals surface area contributed by atoms with E-state index in [0.717, 1.165) is 20.6 Å². The minimum Gasteiger partial charge on any atom is -0.508 e. The van der Waals surface area contributed by atoms with E-state index in [1.807, 2.05) is 18.2 Å². The highest BCUT2D eigenvalue weighted by Gasteiger charge is 2.01. The number of halogens is 1. The van der Waals surface area contributed by atoms with Crippen molar-refractivity contribution in [1.29, 1.82) is 0 Å². The van der Waals surface area contributed by atoms with Gasteiger partial charge in [0.2, 0.25) is 0 Å². The summed E-state index contributed by atoms with van der Waals surface area (Å²) in [6, 6.07) is 15.8. The first-order chi connectivity index (χ1) is 7.74. The van der Waals surface area contributed by atoms with Crippen LogP contribution in [0.3, 0.4) is 0 Å². The zero-order valence-electron chi connectivity index (χ0n) is 8.44. The lowest BCUT2D eigenvalue weighted by Gasteiger charge is -2.04. The van der Waals surface area contributed by atoms with Gasteiger partial charge in [-0.3, -0.25) is 0 Å². The van der Waals surface area contributed by atoms with Crippen LogP contribution in [-0.4, -0.2) is 5.11 Å². The van der Waals surface area contributed by atoms with Crippen LogP contribution in [-0.2, 0) is 0 Å². The Morgan fingerprint density at radius 3 is 2.06 bits per heavy atom. The number of fused-ring (bicyclic) bond motifs is 3. The molecule has 0 aliphatic rings. The van der Waals surface area contributed by atoms with Gasteiger partial charge in [0, 0.05) is 4.47 Å². The maximum absolute atomic E-state index is 9.55. The molecule has 0 spiro atoms. The third-order valence-electron chi connectivity index (χ3n) is 2.78. The Labute approximate surface area is 101 Å². The second-order valence-corrected chi connectivity index (χ2v) is 4.75. The van der Waals surface area contributed by atoms with Gasteiger partial charge in [0.1, 0.15) is 5.75 Å². The van der Waals surface area contributed by atoms with Gasteiger partial charge < -0.3 is 5.11 Å². The second kappa shape index (κ2) is 3.49. The highest BCUT2D eigenvalue weighted by Crippen LogP contribution is 2.30. The quantitative estimate of drug-likeness (QED) is 0.599. The van der Waals surface area contributed by atoms with E-state index in [9.17, 15) is 5.11 Å². The van der Waals surface area contributed by atoms with E-state index in [1.54, 1.807) is 6.07 Å². The van der Waals surface area contributed by atoms with Gasteiger partial charge in [0.15, 0.2) is 0 Å². The molecule has 0 radical (unpaired) electrons. The van der Waals surface area contributed by atoms with E-state index in [-0.39, 0.29) is 0 Å². The Hall–Kier alpha value is -1.54. The van der Waals surface area contributed by atoms with Gasteiger partial charge in [0.05, 0.1) is 0 Å². The summed E-state index contributed by atoms with van der Waals surface area (Å²) < 4.78 is 1.05. The molecule has 0 aliphatic heterocycles. The van der Waals surface area contributed by atoms with Crippen LogP contribution in [0.15, 0.2) is 53.0 Å². The van der Waals surface area contributed by atoms with Crippen LogP contribution < -0.4 is 0 Å². The lowest BCUT2D eigenvalue weighted by Crippen LogP contribution is -1.78. The number of benzene rings is 3. The van der Waals surface area contributed by atoms with Crippen LogP contribution in [0.1, 0.15) is 0 Å². The molecule has 0 aromatic heterocycles. The second-order valence-electron chi connectivity index (χ2n) is 3.84. The van der Waals surface area contributed by atoms with E-state index < -0.39 is 0 Å². The highest BCUT2D eigenvalue weighted by atomic mass is 79.9. The minimum atomic E-state index is 0.306. The van der Waals surface area contributed by atoms with Crippen molar-refractivity contribution >= 4 is 37.5 Å². The van der Waals surface area contributed by atoms with Crippen molar-refractivity contribution in [2.75, 3.05) is 0 Å². The van der Waals surface area contributed by atoms with Gasteiger partial charge in [-0.15, -0.1) is 0 Å². The highest BCUT2D eigenvalue weighted by molar-refractivity contribution is 9.10. The molecule has 1 N–H and O–H groups in total. The first-order valence-electron chi connectivity index (χ1n) is 5.05. The van der Waals surface area contributed by atoms with E-state index in [4.69, 9.17) is 0 Å². The fourth-order valence-electron chi connectivity index (χ4n) is 2.01. The van der Waals surface area contributed by atoms with E-state index in [1.165, 1.54) is 5.39 Å². The van der Waals surface area contributed by atoms with E-state index >= 15 is 0 Å². The molecule has 2 heteroatoms. The zero-order chi connectivity index (χ0) is 11.1. The summed E-state index contributed by atoms with van der Waals surface area (Å²) in [5.41, 5.74) is 0. The molecule has 3 rings (SSSR count). The Bertz CT molecular complexity index is 628. The summed E-state index contributed by atoms with van der Waals surface area (Å²) in [7, 11) is 0. The average molecular weight is 273 g/mol. The molecular weight excluding hydrogens is 264 g/mol. The van der Waals surface area contributed by atoms with Crippen molar-refractivity contribution in [3.05, 3.63) is 53.0 Å². The topological polar surface area (TPSA) is 20.2 Å². The number of hydrogen-bond donors (Lipinski definition) is 1. The molecule has 0 bridgehead atoms. The van der Waals surface area contributed by atoms with Crippen molar-refractivity contribution in [3.63, 3.8) is 0 Å². The Morgan fingerprint density at radius 1 is 0.750 bits per heavy atom. The van der Waals surface area contributed by atoms with Crippen molar-refractivity contribution in [1.82, 2.24) is 0 Å². The van der Waals surface area contributed by atoms with Crippen molar-refractivity contribution in [2.24, 2.45) is 0 Å². The fraction of sp³-hybridized carbons (Fsp3) is 0. The standard InChI is InChI=1S/C14H9BrO/c15-11-5-3-9-1-2-10-4-6-12(16)8-14(10)13(9)7-11/h1-8,16H. The summed E-state index contributed by atoms with van der Waals surface area (Å²) in [6.07, 6.45) is 0. The van der Waals surface area contributed by atoms with Crippen LogP contribution in [0.5, 0.6) is 5.75 Å². The monoisotopic (exact) mass is 272 g/mol. The minimum absolute atomic E-state index is 0.306. The predicted octanol–water partition coefficient (Wildman–Crippen LogP) is 4.46. The number of rotatable bonds is 0. The van der Waals surface area contributed by atoms with Crippen molar-refractivity contribution in [2.45, 2.75) is 0 Å². The molecule has 0 saturated heterocycles. The fourth-order valence-corrected chi connectivity index (χ4v) is 2.37. The Kier molecular flexibility index (Phi) is 2.11. The van der Waals surface area contributed by atoms with Crippen molar-refractivity contribution < 1.29 is 5.11 Å². The lowest BCUT2D eigenvalue weighted by atomic mass is 10.0. The maximum Gasteiger partial charge on any atom is 0.116 e. The average Bonchev–Trinajstić information content (AvgIpc) is 2.29. The van der Waals surface area contributed by atoms with Crippen LogP contribution >= 0.6 is 15.9 Å². The molecule has 0 saturated carbocycles. The summed E-state index contributed by atoms with van der Waals surface area (Å²) in [4.78, 5) is 0. The van der Waals surface area contributed by atoms with Gasteiger partial charge in [-0.1, -0.05) is 40.2 Å². The van der Waals surface area contributed by atoms with Gasteiger partial charge in [-0.25, -0.2) is 0 Å². The molecule has 0 amide bonds. The van der Waals surface area contributed by atoms with Gasteiger partial charge in [-0.2, -0.15) is 0 Å². The molecule has 3 aromatic carbocycles. The smallest absolute Gasteiger partial charge is 0.116 e. The molecule has 16 heavy (non-hydrogen) atoms. The van der Waals surface area contributed by atoms with Gasteiger partial charge >= 0.3 is 0 Å². The third-order valence-corrected chi connectivity index (χ3v) is 3.28. The summed E-state index contributed by atoms with van der Waals surface area (Å²) in [5.74, 6) is 0.306. The van der Waals surface area contributed by atoms with Crippen LogP contribution in [0.25, 0.3) is 21.5 Å². The van der Waals surface area contributed by atoms with Crippen LogP contribution in [0.4, 0.5) is 0 Å². The summed E-state index contributed by atoms with van der Waals surface area (Å²) in [6.45, 7) is 0. The first kappa shape index (κ1) is 9.67. The molecule has 0 atom stereocenters. The molecule has 0 heterocycles. The Morgan fingerprint density at radius 2 is 1.31 bits per heavy atom. The molecule has 1 nitrogen and oxygen atoms in total. The van der Waals surface area contributed by atoms with Crippen LogP contribution in [0, 0.1) is 0 Å². The molecule has 0 fully saturated rings. The number of phenolic OH excluding ortho intramolecular Hbond substituents is 1. The summed E-state index contributed by atoms with van der Waals surface area (Å²) in [5, 5.41) is 14.1. The number of hydrogen-bond acceptors (Lipinski definition) is 1. The zero-order valence-corrected chi connectivity index (χ0v) is 10.0. The van der Waals surface area contributed by atoms with E-state index in [2.05, 4.69) is 40.2 Å². The first-order valence-corrected chi connectivity index (χ1v) is 5.84. The largest absolute Gasteiger partial charge is 0.508 e. The molecule has 0 aliphatic carbocycles. The van der Waals surface area contributed by atoms with E-state index in [0.29, 0.717) is 5.75 Å². The molecule has 78 valence electrons.